The Labute approximate surface area is 143 Å². The van der Waals surface area contributed by atoms with Gasteiger partial charge >= 0.3 is 0 Å². The smallest absolute Gasteiger partial charge is 0.240 e. The van der Waals surface area contributed by atoms with Gasteiger partial charge in [0, 0.05) is 10.7 Å². The lowest BCUT2D eigenvalue weighted by Crippen LogP contribution is -2.35. The molecule has 1 aliphatic rings. The van der Waals surface area contributed by atoms with Crippen LogP contribution in [0.25, 0.3) is 0 Å². The Balaban J connectivity index is 1.72. The number of carbonyl (C=O) groups excluding carboxylic acids is 2. The Morgan fingerprint density at radius 3 is 2.26 bits per heavy atom. The number of carbonyl (C=O) groups is 2. The third kappa shape index (κ3) is 3.33. The van der Waals surface area contributed by atoms with Crippen molar-refractivity contribution in [3.63, 3.8) is 0 Å². The van der Waals surface area contributed by atoms with Crippen LogP contribution in [0, 0.1) is 5.41 Å². The number of rotatable bonds is 4. The molecule has 2 aromatic rings. The predicted molar refractivity (Wildman–Crippen MR) is 91.8 cm³/mol. The van der Waals surface area contributed by atoms with E-state index in [0.717, 1.165) is 0 Å². The van der Waals surface area contributed by atoms with Crippen LogP contribution < -0.4 is 10.6 Å². The fourth-order valence-electron chi connectivity index (χ4n) is 2.30. The van der Waals surface area contributed by atoms with Crippen molar-refractivity contribution in [3.8, 4) is 0 Å². The number of halogens is 2. The van der Waals surface area contributed by atoms with E-state index in [-0.39, 0.29) is 11.8 Å². The first-order valence-electron chi connectivity index (χ1n) is 7.14. The summed E-state index contributed by atoms with van der Waals surface area (Å²) in [6, 6.07) is 13.8. The summed E-state index contributed by atoms with van der Waals surface area (Å²) in [6.07, 6.45) is 1.02. The maximum atomic E-state index is 12.5. The van der Waals surface area contributed by atoms with Gasteiger partial charge in [-0.25, -0.2) is 0 Å². The van der Waals surface area contributed by atoms with Crippen molar-refractivity contribution in [2.75, 3.05) is 10.6 Å². The molecule has 23 heavy (non-hydrogen) atoms. The van der Waals surface area contributed by atoms with Crippen LogP contribution >= 0.6 is 23.2 Å². The summed E-state index contributed by atoms with van der Waals surface area (Å²) in [5, 5.41) is 6.44. The fraction of sp³-hybridized carbons (Fsp3) is 0.176. The highest BCUT2D eigenvalue weighted by Crippen LogP contribution is 2.47. The molecule has 2 N–H and O–H groups in total. The fourth-order valence-corrected chi connectivity index (χ4v) is 2.68. The minimum Gasteiger partial charge on any atom is -0.325 e. The molecular formula is C17H14Cl2N2O2. The Morgan fingerprint density at radius 1 is 0.913 bits per heavy atom. The molecule has 0 unspecified atom stereocenters. The van der Waals surface area contributed by atoms with Gasteiger partial charge in [0.2, 0.25) is 11.8 Å². The summed E-state index contributed by atoms with van der Waals surface area (Å²) >= 11 is 11.9. The molecule has 0 aliphatic heterocycles. The van der Waals surface area contributed by atoms with Gasteiger partial charge in [0.05, 0.1) is 10.7 Å². The van der Waals surface area contributed by atoms with Crippen LogP contribution in [0.5, 0.6) is 0 Å². The van der Waals surface area contributed by atoms with Gasteiger partial charge in [-0.3, -0.25) is 9.59 Å². The van der Waals surface area contributed by atoms with Gasteiger partial charge in [-0.05, 0) is 43.2 Å². The number of hydrogen-bond acceptors (Lipinski definition) is 2. The summed E-state index contributed by atoms with van der Waals surface area (Å²) < 4.78 is 0. The van der Waals surface area contributed by atoms with Crippen molar-refractivity contribution >= 4 is 46.4 Å². The monoisotopic (exact) mass is 348 g/mol. The second kappa shape index (κ2) is 6.22. The molecule has 0 saturated heterocycles. The van der Waals surface area contributed by atoms with Crippen LogP contribution in [0.4, 0.5) is 11.4 Å². The van der Waals surface area contributed by atoms with E-state index in [4.69, 9.17) is 23.2 Å². The van der Waals surface area contributed by atoms with E-state index in [2.05, 4.69) is 10.6 Å². The molecule has 0 atom stereocenters. The molecule has 4 nitrogen and oxygen atoms in total. The van der Waals surface area contributed by atoms with E-state index < -0.39 is 5.41 Å². The van der Waals surface area contributed by atoms with Crippen molar-refractivity contribution in [2.24, 2.45) is 5.41 Å². The minimum atomic E-state index is -1.04. The Bertz CT molecular complexity index is 773. The number of amides is 2. The molecule has 0 bridgehead atoms. The van der Waals surface area contributed by atoms with E-state index in [1.807, 2.05) is 0 Å². The Morgan fingerprint density at radius 2 is 1.61 bits per heavy atom. The number of anilines is 2. The SMILES string of the molecule is O=C(Nc1cccc(Cl)c1)C1(C(=O)Nc2ccccc2Cl)CC1. The summed E-state index contributed by atoms with van der Waals surface area (Å²) in [5.74, 6) is -0.672. The molecule has 1 saturated carbocycles. The predicted octanol–water partition coefficient (Wildman–Crippen LogP) is 4.35. The molecule has 3 rings (SSSR count). The average molecular weight is 349 g/mol. The van der Waals surface area contributed by atoms with Gasteiger partial charge in [0.25, 0.3) is 0 Å². The third-order valence-corrected chi connectivity index (χ3v) is 4.39. The molecule has 118 valence electrons. The lowest BCUT2D eigenvalue weighted by Gasteiger charge is -2.16. The second-order valence-electron chi connectivity index (χ2n) is 5.48. The first-order chi connectivity index (χ1) is 11.0. The lowest BCUT2D eigenvalue weighted by molar-refractivity contribution is -0.131. The topological polar surface area (TPSA) is 58.2 Å². The highest BCUT2D eigenvalue weighted by molar-refractivity contribution is 6.34. The van der Waals surface area contributed by atoms with Crippen molar-refractivity contribution in [2.45, 2.75) is 12.8 Å². The van der Waals surface area contributed by atoms with E-state index in [0.29, 0.717) is 34.3 Å². The van der Waals surface area contributed by atoms with Gasteiger partial charge in [-0.1, -0.05) is 41.4 Å². The van der Waals surface area contributed by atoms with Crippen molar-refractivity contribution in [1.82, 2.24) is 0 Å². The molecule has 0 heterocycles. The summed E-state index contributed by atoms with van der Waals surface area (Å²) in [4.78, 5) is 25.0. The quantitative estimate of drug-likeness (QED) is 0.807. The zero-order valence-electron chi connectivity index (χ0n) is 12.1. The largest absolute Gasteiger partial charge is 0.325 e. The summed E-state index contributed by atoms with van der Waals surface area (Å²) in [5.41, 5.74) is 0.0295. The molecule has 2 aromatic carbocycles. The molecule has 6 heteroatoms. The first kappa shape index (κ1) is 15.8. The highest BCUT2D eigenvalue weighted by atomic mass is 35.5. The van der Waals surface area contributed by atoms with Crippen molar-refractivity contribution in [3.05, 3.63) is 58.6 Å². The molecule has 2 amide bonds. The molecular weight excluding hydrogens is 335 g/mol. The van der Waals surface area contributed by atoms with Crippen LogP contribution in [0.15, 0.2) is 48.5 Å². The van der Waals surface area contributed by atoms with Gasteiger partial charge in [-0.15, -0.1) is 0 Å². The van der Waals surface area contributed by atoms with Crippen LogP contribution in [-0.4, -0.2) is 11.8 Å². The van der Waals surface area contributed by atoms with Crippen LogP contribution in [-0.2, 0) is 9.59 Å². The van der Waals surface area contributed by atoms with Crippen LogP contribution in [0.2, 0.25) is 10.0 Å². The Hall–Kier alpha value is -2.04. The number of nitrogens with one attached hydrogen (secondary N) is 2. The molecule has 1 fully saturated rings. The molecule has 0 radical (unpaired) electrons. The maximum absolute atomic E-state index is 12.5. The second-order valence-corrected chi connectivity index (χ2v) is 6.32. The molecule has 0 spiro atoms. The van der Waals surface area contributed by atoms with Crippen LogP contribution in [0.1, 0.15) is 12.8 Å². The number of benzene rings is 2. The highest BCUT2D eigenvalue weighted by Gasteiger charge is 2.56. The first-order valence-corrected chi connectivity index (χ1v) is 7.90. The third-order valence-electron chi connectivity index (χ3n) is 3.82. The minimum absolute atomic E-state index is 0.329. The van der Waals surface area contributed by atoms with Crippen LogP contribution in [0.3, 0.4) is 0 Å². The zero-order valence-corrected chi connectivity index (χ0v) is 13.6. The van der Waals surface area contributed by atoms with Gasteiger partial charge in [0.1, 0.15) is 5.41 Å². The Kier molecular flexibility index (Phi) is 4.28. The lowest BCUT2D eigenvalue weighted by atomic mass is 10.0. The molecule has 1 aliphatic carbocycles. The summed E-state index contributed by atoms with van der Waals surface area (Å²) in [6.45, 7) is 0. The maximum Gasteiger partial charge on any atom is 0.240 e. The van der Waals surface area contributed by atoms with Crippen molar-refractivity contribution in [1.29, 1.82) is 0 Å². The van der Waals surface area contributed by atoms with Gasteiger partial charge in [-0.2, -0.15) is 0 Å². The average Bonchev–Trinajstić information content (AvgIpc) is 3.31. The number of para-hydroxylation sites is 1. The van der Waals surface area contributed by atoms with E-state index in [1.165, 1.54) is 0 Å². The summed E-state index contributed by atoms with van der Waals surface area (Å²) in [7, 11) is 0. The molecule has 0 aromatic heterocycles. The van der Waals surface area contributed by atoms with E-state index >= 15 is 0 Å². The van der Waals surface area contributed by atoms with E-state index in [9.17, 15) is 9.59 Å². The van der Waals surface area contributed by atoms with Gasteiger partial charge < -0.3 is 10.6 Å². The zero-order chi connectivity index (χ0) is 16.4. The van der Waals surface area contributed by atoms with E-state index in [1.54, 1.807) is 48.5 Å². The van der Waals surface area contributed by atoms with Crippen molar-refractivity contribution < 1.29 is 9.59 Å². The van der Waals surface area contributed by atoms with Gasteiger partial charge in [0.15, 0.2) is 0 Å². The number of hydrogen-bond donors (Lipinski definition) is 2. The normalized spacial score (nSPS) is 14.9. The standard InChI is InChI=1S/C17H14Cl2N2O2/c18-11-4-3-5-12(10-11)20-15(22)17(8-9-17)16(23)21-14-7-2-1-6-13(14)19/h1-7,10H,8-9H2,(H,20,22)(H,21,23).